The molecule has 9 heteroatoms. The number of anilines is 1. The van der Waals surface area contributed by atoms with Gasteiger partial charge in [-0.05, 0) is 62.8 Å². The van der Waals surface area contributed by atoms with Crippen molar-refractivity contribution in [2.75, 3.05) is 26.6 Å². The van der Waals surface area contributed by atoms with E-state index in [2.05, 4.69) is 10.6 Å². The minimum absolute atomic E-state index is 0.253. The third-order valence-electron chi connectivity index (χ3n) is 5.47. The highest BCUT2D eigenvalue weighted by Crippen LogP contribution is 2.32. The number of thiocarbonyl (C=S) groups is 1. The van der Waals surface area contributed by atoms with E-state index < -0.39 is 12.0 Å². The Labute approximate surface area is 204 Å². The highest BCUT2D eigenvalue weighted by Gasteiger charge is 2.33. The molecule has 0 bridgehead atoms. The molecule has 1 heterocycles. The molecule has 0 spiro atoms. The second-order valence-electron chi connectivity index (χ2n) is 8.01. The standard InChI is InChI=1S/C25H29N3O5S/c1-14(2)33-24(30)20-15(3)28(4)25(34)27-22(20)16-10-12-17(13-11-16)26-23(29)21-18(31-5)8-7-9-19(21)32-6/h7-14,22H,1-6H3,(H,26,29)(H,27,34). The summed E-state index contributed by atoms with van der Waals surface area (Å²) in [6.45, 7) is 5.45. The molecule has 0 aromatic heterocycles. The number of rotatable bonds is 7. The van der Waals surface area contributed by atoms with Gasteiger partial charge in [0.2, 0.25) is 0 Å². The molecule has 0 radical (unpaired) electrons. The van der Waals surface area contributed by atoms with Gasteiger partial charge in [-0.15, -0.1) is 0 Å². The number of hydrogen-bond donors (Lipinski definition) is 2. The predicted molar refractivity (Wildman–Crippen MR) is 134 cm³/mol. The van der Waals surface area contributed by atoms with Crippen molar-refractivity contribution >= 4 is 34.9 Å². The van der Waals surface area contributed by atoms with Crippen molar-refractivity contribution in [2.45, 2.75) is 32.9 Å². The van der Waals surface area contributed by atoms with Crippen LogP contribution < -0.4 is 20.1 Å². The van der Waals surface area contributed by atoms with Crippen molar-refractivity contribution in [1.29, 1.82) is 0 Å². The van der Waals surface area contributed by atoms with Crippen LogP contribution in [0.5, 0.6) is 11.5 Å². The molecule has 0 saturated heterocycles. The molecule has 3 rings (SSSR count). The van der Waals surface area contributed by atoms with Crippen molar-refractivity contribution < 1.29 is 23.8 Å². The van der Waals surface area contributed by atoms with Crippen LogP contribution in [0.2, 0.25) is 0 Å². The van der Waals surface area contributed by atoms with E-state index in [1.165, 1.54) is 14.2 Å². The Morgan fingerprint density at radius 2 is 1.65 bits per heavy atom. The topological polar surface area (TPSA) is 89.1 Å². The second kappa shape index (κ2) is 10.6. The number of hydrogen-bond acceptors (Lipinski definition) is 6. The monoisotopic (exact) mass is 483 g/mol. The fourth-order valence-corrected chi connectivity index (χ4v) is 3.91. The summed E-state index contributed by atoms with van der Waals surface area (Å²) in [7, 11) is 4.79. The van der Waals surface area contributed by atoms with Gasteiger partial charge in [0.25, 0.3) is 5.91 Å². The molecular formula is C25H29N3O5S. The Hall–Kier alpha value is -3.59. The molecule has 34 heavy (non-hydrogen) atoms. The van der Waals surface area contributed by atoms with Crippen molar-refractivity contribution in [3.63, 3.8) is 0 Å². The number of benzene rings is 2. The lowest BCUT2D eigenvalue weighted by atomic mass is 9.95. The molecule has 0 fully saturated rings. The van der Waals surface area contributed by atoms with Crippen LogP contribution in [0.3, 0.4) is 0 Å². The van der Waals surface area contributed by atoms with Gasteiger partial charge < -0.3 is 29.7 Å². The average molecular weight is 484 g/mol. The number of allylic oxidation sites excluding steroid dienone is 1. The van der Waals surface area contributed by atoms with Gasteiger partial charge in [0.15, 0.2) is 5.11 Å². The quantitative estimate of drug-likeness (QED) is 0.451. The summed E-state index contributed by atoms with van der Waals surface area (Å²) in [6.07, 6.45) is -0.253. The maximum Gasteiger partial charge on any atom is 0.338 e. The fourth-order valence-electron chi connectivity index (χ4n) is 3.65. The van der Waals surface area contributed by atoms with Crippen LogP contribution in [0.15, 0.2) is 53.7 Å². The van der Waals surface area contributed by atoms with E-state index in [-0.39, 0.29) is 12.0 Å². The number of carbonyl (C=O) groups excluding carboxylic acids is 2. The first-order valence-electron chi connectivity index (χ1n) is 10.8. The number of esters is 1. The SMILES string of the molecule is COc1cccc(OC)c1C(=O)Nc1ccc(C2NC(=S)N(C)C(C)=C2C(=O)OC(C)C)cc1. The molecule has 1 aliphatic heterocycles. The van der Waals surface area contributed by atoms with Gasteiger partial charge in [-0.3, -0.25) is 4.79 Å². The fraction of sp³-hybridized carbons (Fsp3) is 0.320. The van der Waals surface area contributed by atoms with Crippen molar-refractivity contribution in [3.8, 4) is 11.5 Å². The zero-order chi connectivity index (χ0) is 25.0. The highest BCUT2D eigenvalue weighted by atomic mass is 32.1. The maximum atomic E-state index is 13.0. The third kappa shape index (κ3) is 5.14. The Morgan fingerprint density at radius 1 is 1.06 bits per heavy atom. The van der Waals surface area contributed by atoms with E-state index in [1.807, 2.05) is 32.9 Å². The molecule has 1 unspecified atom stereocenters. The zero-order valence-corrected chi connectivity index (χ0v) is 20.9. The number of ether oxygens (including phenoxy) is 3. The Balaban J connectivity index is 1.88. The van der Waals surface area contributed by atoms with E-state index in [9.17, 15) is 9.59 Å². The number of nitrogens with zero attached hydrogens (tertiary/aromatic N) is 1. The van der Waals surface area contributed by atoms with E-state index in [0.29, 0.717) is 33.4 Å². The lowest BCUT2D eigenvalue weighted by Crippen LogP contribution is -2.46. The van der Waals surface area contributed by atoms with Crippen molar-refractivity contribution in [2.24, 2.45) is 0 Å². The number of amides is 1. The van der Waals surface area contributed by atoms with Crippen LogP contribution in [0, 0.1) is 0 Å². The molecule has 0 saturated carbocycles. The Kier molecular flexibility index (Phi) is 7.78. The largest absolute Gasteiger partial charge is 0.496 e. The van der Waals surface area contributed by atoms with Gasteiger partial charge in [0.05, 0.1) is 31.9 Å². The summed E-state index contributed by atoms with van der Waals surface area (Å²) >= 11 is 5.44. The molecule has 8 nitrogen and oxygen atoms in total. The molecule has 1 aliphatic rings. The van der Waals surface area contributed by atoms with E-state index >= 15 is 0 Å². The number of methoxy groups -OCH3 is 2. The summed E-state index contributed by atoms with van der Waals surface area (Å²) < 4.78 is 16.1. The third-order valence-corrected chi connectivity index (χ3v) is 5.87. The van der Waals surface area contributed by atoms with Crippen LogP contribution >= 0.6 is 12.2 Å². The smallest absolute Gasteiger partial charge is 0.338 e. The molecule has 0 aliphatic carbocycles. The molecule has 180 valence electrons. The lowest BCUT2D eigenvalue weighted by Gasteiger charge is -2.35. The summed E-state index contributed by atoms with van der Waals surface area (Å²) in [6, 6.07) is 11.8. The van der Waals surface area contributed by atoms with E-state index in [4.69, 9.17) is 26.4 Å². The van der Waals surface area contributed by atoms with Gasteiger partial charge in [-0.2, -0.15) is 0 Å². The van der Waals surface area contributed by atoms with Crippen LogP contribution in [-0.2, 0) is 9.53 Å². The van der Waals surface area contributed by atoms with Crippen LogP contribution in [0.1, 0.15) is 42.7 Å². The molecule has 1 atom stereocenters. The Bertz CT molecular complexity index is 1110. The summed E-state index contributed by atoms with van der Waals surface area (Å²) in [5, 5.41) is 6.58. The van der Waals surface area contributed by atoms with Crippen LogP contribution in [-0.4, -0.2) is 49.3 Å². The average Bonchev–Trinajstić information content (AvgIpc) is 2.81. The zero-order valence-electron chi connectivity index (χ0n) is 20.1. The van der Waals surface area contributed by atoms with Crippen molar-refractivity contribution in [1.82, 2.24) is 10.2 Å². The summed E-state index contributed by atoms with van der Waals surface area (Å²) in [5.74, 6) is 0.0513. The van der Waals surface area contributed by atoms with Crippen LogP contribution in [0.25, 0.3) is 0 Å². The molecule has 1 amide bonds. The van der Waals surface area contributed by atoms with E-state index in [0.717, 1.165) is 11.3 Å². The first-order valence-corrected chi connectivity index (χ1v) is 11.2. The predicted octanol–water partition coefficient (Wildman–Crippen LogP) is 4.04. The Morgan fingerprint density at radius 3 is 2.18 bits per heavy atom. The van der Waals surface area contributed by atoms with Crippen LogP contribution in [0.4, 0.5) is 5.69 Å². The maximum absolute atomic E-state index is 13.0. The van der Waals surface area contributed by atoms with Gasteiger partial charge in [0.1, 0.15) is 17.1 Å². The summed E-state index contributed by atoms with van der Waals surface area (Å²) in [5.41, 5.74) is 2.89. The minimum Gasteiger partial charge on any atom is -0.496 e. The minimum atomic E-state index is -0.478. The molecular weight excluding hydrogens is 454 g/mol. The van der Waals surface area contributed by atoms with Gasteiger partial charge in [-0.25, -0.2) is 4.79 Å². The lowest BCUT2D eigenvalue weighted by molar-refractivity contribution is -0.143. The normalized spacial score (nSPS) is 15.7. The molecule has 2 aromatic rings. The highest BCUT2D eigenvalue weighted by molar-refractivity contribution is 7.80. The number of nitrogens with one attached hydrogen (secondary N) is 2. The molecule has 2 aromatic carbocycles. The number of carbonyl (C=O) groups is 2. The first kappa shape index (κ1) is 25.0. The summed E-state index contributed by atoms with van der Waals surface area (Å²) in [4.78, 5) is 27.6. The second-order valence-corrected chi connectivity index (χ2v) is 8.40. The van der Waals surface area contributed by atoms with Gasteiger partial charge in [-0.1, -0.05) is 18.2 Å². The van der Waals surface area contributed by atoms with Gasteiger partial charge >= 0.3 is 5.97 Å². The first-order chi connectivity index (χ1) is 16.2. The van der Waals surface area contributed by atoms with Gasteiger partial charge in [0, 0.05) is 18.4 Å². The van der Waals surface area contributed by atoms with Crippen molar-refractivity contribution in [3.05, 3.63) is 64.9 Å². The molecule has 2 N–H and O–H groups in total. The van der Waals surface area contributed by atoms with E-state index in [1.54, 1.807) is 42.3 Å².